The van der Waals surface area contributed by atoms with E-state index in [-0.39, 0.29) is 17.2 Å². The summed E-state index contributed by atoms with van der Waals surface area (Å²) in [6.45, 7) is 1.80. The van der Waals surface area contributed by atoms with Crippen LogP contribution < -0.4 is 5.32 Å². The summed E-state index contributed by atoms with van der Waals surface area (Å²) >= 11 is 0. The van der Waals surface area contributed by atoms with Gasteiger partial charge in [0.2, 0.25) is 27.6 Å². The molecule has 0 saturated carbocycles. The fourth-order valence-electron chi connectivity index (χ4n) is 3.19. The number of nitrogens with zero attached hydrogens (tertiary/aromatic N) is 4. The molecule has 1 fully saturated rings. The van der Waals surface area contributed by atoms with Crippen LogP contribution in [0.3, 0.4) is 0 Å². The fraction of sp³-hybridized carbons (Fsp3) is 0.333. The molecule has 0 aliphatic carbocycles. The van der Waals surface area contributed by atoms with Crippen LogP contribution >= 0.6 is 0 Å². The molecular formula is C21H23N5O5S. The van der Waals surface area contributed by atoms with Crippen LogP contribution in [0.5, 0.6) is 0 Å². The SMILES string of the molecule is O=C(CCc1nc(-c2cccnc2)no1)NCc1ccc(S(=O)(=O)N2CCOCC2)cc1. The first-order valence-electron chi connectivity index (χ1n) is 10.2. The lowest BCUT2D eigenvalue weighted by Gasteiger charge is -2.26. The van der Waals surface area contributed by atoms with Crippen molar-refractivity contribution in [3.63, 3.8) is 0 Å². The quantitative estimate of drug-likeness (QED) is 0.538. The second-order valence-corrected chi connectivity index (χ2v) is 9.13. The third-order valence-corrected chi connectivity index (χ3v) is 6.89. The highest BCUT2D eigenvalue weighted by Crippen LogP contribution is 2.18. The van der Waals surface area contributed by atoms with Gasteiger partial charge in [-0.05, 0) is 29.8 Å². The molecule has 1 saturated heterocycles. The second-order valence-electron chi connectivity index (χ2n) is 7.19. The Morgan fingerprint density at radius 2 is 1.91 bits per heavy atom. The molecule has 2 aromatic heterocycles. The monoisotopic (exact) mass is 457 g/mol. The Labute approximate surface area is 185 Å². The molecule has 0 atom stereocenters. The van der Waals surface area contributed by atoms with Crippen molar-refractivity contribution in [3.05, 3.63) is 60.2 Å². The van der Waals surface area contributed by atoms with Gasteiger partial charge in [0.1, 0.15) is 0 Å². The number of carbonyl (C=O) groups is 1. The number of morpholine rings is 1. The van der Waals surface area contributed by atoms with Crippen molar-refractivity contribution in [1.82, 2.24) is 24.7 Å². The minimum Gasteiger partial charge on any atom is -0.379 e. The number of pyridine rings is 1. The highest BCUT2D eigenvalue weighted by Gasteiger charge is 2.26. The van der Waals surface area contributed by atoms with Crippen LogP contribution in [0.2, 0.25) is 0 Å². The van der Waals surface area contributed by atoms with E-state index in [2.05, 4.69) is 20.4 Å². The summed E-state index contributed by atoms with van der Waals surface area (Å²) in [5.74, 6) is 0.633. The molecule has 1 aliphatic heterocycles. The summed E-state index contributed by atoms with van der Waals surface area (Å²) in [5, 5.41) is 6.72. The van der Waals surface area contributed by atoms with E-state index in [0.29, 0.717) is 51.0 Å². The maximum atomic E-state index is 12.7. The van der Waals surface area contributed by atoms with Crippen molar-refractivity contribution >= 4 is 15.9 Å². The molecule has 1 aliphatic rings. The van der Waals surface area contributed by atoms with Gasteiger partial charge in [-0.1, -0.05) is 17.3 Å². The Morgan fingerprint density at radius 1 is 1.12 bits per heavy atom. The number of benzene rings is 1. The zero-order chi connectivity index (χ0) is 22.4. The third kappa shape index (κ3) is 5.36. The topological polar surface area (TPSA) is 128 Å². The van der Waals surface area contributed by atoms with Crippen LogP contribution in [0, 0.1) is 0 Å². The molecule has 4 rings (SSSR count). The first-order chi connectivity index (χ1) is 15.5. The predicted octanol–water partition coefficient (Wildman–Crippen LogP) is 1.40. The molecule has 32 heavy (non-hydrogen) atoms. The van der Waals surface area contributed by atoms with E-state index in [1.54, 1.807) is 42.7 Å². The van der Waals surface area contributed by atoms with E-state index in [4.69, 9.17) is 9.26 Å². The zero-order valence-corrected chi connectivity index (χ0v) is 18.1. The van der Waals surface area contributed by atoms with Gasteiger partial charge in [0.05, 0.1) is 18.1 Å². The number of hydrogen-bond acceptors (Lipinski definition) is 8. The van der Waals surface area contributed by atoms with Gasteiger partial charge in [-0.3, -0.25) is 9.78 Å². The van der Waals surface area contributed by atoms with E-state index in [1.165, 1.54) is 4.31 Å². The maximum Gasteiger partial charge on any atom is 0.243 e. The van der Waals surface area contributed by atoms with Gasteiger partial charge in [-0.2, -0.15) is 9.29 Å². The number of ether oxygens (including phenoxy) is 1. The van der Waals surface area contributed by atoms with Gasteiger partial charge in [-0.25, -0.2) is 8.42 Å². The van der Waals surface area contributed by atoms with Gasteiger partial charge < -0.3 is 14.6 Å². The average Bonchev–Trinajstić information content (AvgIpc) is 3.32. The third-order valence-electron chi connectivity index (χ3n) is 4.97. The molecule has 3 aromatic rings. The number of carbonyl (C=O) groups excluding carboxylic acids is 1. The van der Waals surface area contributed by atoms with Crippen LogP contribution in [0.1, 0.15) is 17.9 Å². The summed E-state index contributed by atoms with van der Waals surface area (Å²) in [4.78, 5) is 20.7. The molecule has 1 N–H and O–H groups in total. The van der Waals surface area contributed by atoms with Crippen LogP contribution in [-0.2, 0) is 32.5 Å². The van der Waals surface area contributed by atoms with Crippen LogP contribution in [-0.4, -0.2) is 60.1 Å². The molecule has 0 bridgehead atoms. The Hall–Kier alpha value is -3.15. The Bertz CT molecular complexity index is 1140. The van der Waals surface area contributed by atoms with Crippen LogP contribution in [0.15, 0.2) is 58.2 Å². The van der Waals surface area contributed by atoms with E-state index in [1.807, 2.05) is 6.07 Å². The summed E-state index contributed by atoms with van der Waals surface area (Å²) in [6, 6.07) is 10.1. The molecule has 0 spiro atoms. The van der Waals surface area contributed by atoms with Crippen molar-refractivity contribution < 1.29 is 22.5 Å². The fourth-order valence-corrected chi connectivity index (χ4v) is 4.60. The van der Waals surface area contributed by atoms with Gasteiger partial charge >= 0.3 is 0 Å². The Balaban J connectivity index is 1.26. The number of sulfonamides is 1. The van der Waals surface area contributed by atoms with Gasteiger partial charge in [0.25, 0.3) is 0 Å². The van der Waals surface area contributed by atoms with Crippen molar-refractivity contribution in [3.8, 4) is 11.4 Å². The molecule has 1 amide bonds. The predicted molar refractivity (Wildman–Crippen MR) is 114 cm³/mol. The first kappa shape index (κ1) is 22.1. The Morgan fingerprint density at radius 3 is 2.62 bits per heavy atom. The molecule has 1 aromatic carbocycles. The standard InChI is InChI=1S/C21H23N5O5S/c27-19(7-8-20-24-21(25-31-20)17-2-1-9-22-15-17)23-14-16-3-5-18(6-4-16)32(28,29)26-10-12-30-13-11-26/h1-6,9,15H,7-8,10-14H2,(H,23,27). The largest absolute Gasteiger partial charge is 0.379 e. The van der Waals surface area contributed by atoms with Gasteiger partial charge in [-0.15, -0.1) is 0 Å². The van der Waals surface area contributed by atoms with E-state index in [9.17, 15) is 13.2 Å². The second kappa shape index (κ2) is 9.98. The number of amides is 1. The first-order valence-corrected chi connectivity index (χ1v) is 11.6. The number of hydrogen-bond donors (Lipinski definition) is 1. The summed E-state index contributed by atoms with van der Waals surface area (Å²) in [6.07, 6.45) is 3.80. The number of aromatic nitrogens is 3. The van der Waals surface area contributed by atoms with Gasteiger partial charge in [0.15, 0.2) is 0 Å². The summed E-state index contributed by atoms with van der Waals surface area (Å²) in [5.41, 5.74) is 1.54. The molecule has 3 heterocycles. The van der Waals surface area contributed by atoms with Crippen LogP contribution in [0.25, 0.3) is 11.4 Å². The average molecular weight is 458 g/mol. The highest BCUT2D eigenvalue weighted by molar-refractivity contribution is 7.89. The molecule has 0 unspecified atom stereocenters. The molecular weight excluding hydrogens is 434 g/mol. The number of rotatable bonds is 8. The summed E-state index contributed by atoms with van der Waals surface area (Å²) < 4.78 is 37.1. The smallest absolute Gasteiger partial charge is 0.243 e. The lowest BCUT2D eigenvalue weighted by atomic mass is 10.2. The number of aryl methyl sites for hydroxylation is 1. The molecule has 11 heteroatoms. The lowest BCUT2D eigenvalue weighted by molar-refractivity contribution is -0.121. The van der Waals surface area contributed by atoms with Crippen molar-refractivity contribution in [2.24, 2.45) is 0 Å². The van der Waals surface area contributed by atoms with E-state index < -0.39 is 10.0 Å². The number of nitrogens with one attached hydrogen (secondary N) is 1. The maximum absolute atomic E-state index is 12.7. The Kier molecular flexibility index (Phi) is 6.88. The van der Waals surface area contributed by atoms with Gasteiger partial charge in [0, 0.05) is 50.4 Å². The zero-order valence-electron chi connectivity index (χ0n) is 17.3. The molecule has 10 nitrogen and oxygen atoms in total. The lowest BCUT2D eigenvalue weighted by Crippen LogP contribution is -2.40. The van der Waals surface area contributed by atoms with E-state index in [0.717, 1.165) is 11.1 Å². The van der Waals surface area contributed by atoms with E-state index >= 15 is 0 Å². The summed E-state index contributed by atoms with van der Waals surface area (Å²) in [7, 11) is -3.53. The molecule has 0 radical (unpaired) electrons. The minimum absolute atomic E-state index is 0.170. The van der Waals surface area contributed by atoms with Crippen molar-refractivity contribution in [1.29, 1.82) is 0 Å². The van der Waals surface area contributed by atoms with Crippen molar-refractivity contribution in [2.75, 3.05) is 26.3 Å². The minimum atomic E-state index is -3.53. The van der Waals surface area contributed by atoms with Crippen LogP contribution in [0.4, 0.5) is 0 Å². The molecule has 168 valence electrons. The highest BCUT2D eigenvalue weighted by atomic mass is 32.2. The van der Waals surface area contributed by atoms with Crippen molar-refractivity contribution in [2.45, 2.75) is 24.3 Å². The normalized spacial score (nSPS) is 14.9.